The summed E-state index contributed by atoms with van der Waals surface area (Å²) in [5.74, 6) is 0.481. The first kappa shape index (κ1) is 14.7. The van der Waals surface area contributed by atoms with Crippen LogP contribution in [0.15, 0.2) is 22.7 Å². The van der Waals surface area contributed by atoms with Crippen LogP contribution >= 0.6 is 38.5 Å². The van der Waals surface area contributed by atoms with E-state index in [0.29, 0.717) is 5.75 Å². The number of halogens is 2. The second-order valence-corrected chi connectivity index (χ2v) is 6.36. The maximum Gasteiger partial charge on any atom is 0.436 e. The quantitative estimate of drug-likeness (QED) is 0.591. The van der Waals surface area contributed by atoms with Gasteiger partial charge < -0.3 is 4.74 Å². The third-order valence-electron chi connectivity index (χ3n) is 1.54. The maximum absolute atomic E-state index is 11.4. The van der Waals surface area contributed by atoms with Gasteiger partial charge in [-0.2, -0.15) is 5.48 Å². The van der Waals surface area contributed by atoms with Crippen molar-refractivity contribution in [3.63, 3.8) is 0 Å². The number of amides is 1. The second-order valence-electron chi connectivity index (χ2n) is 4.28. The lowest BCUT2D eigenvalue weighted by atomic mass is 10.2. The molecule has 0 atom stereocenters. The largest absolute Gasteiger partial charge is 0.436 e. The first-order valence-electron chi connectivity index (χ1n) is 4.89. The van der Waals surface area contributed by atoms with Crippen LogP contribution in [0.5, 0.6) is 5.75 Å². The lowest BCUT2D eigenvalue weighted by Gasteiger charge is -2.18. The minimum Gasteiger partial charge on any atom is -0.408 e. The number of hydrogen-bond donors (Lipinski definition) is 1. The van der Waals surface area contributed by atoms with Crippen molar-refractivity contribution in [3.8, 4) is 5.75 Å². The molecule has 0 saturated carbocycles. The molecule has 0 aliphatic heterocycles. The number of carbonyl (C=O) groups is 1. The second kappa shape index (κ2) is 6.01. The van der Waals surface area contributed by atoms with E-state index in [1.54, 1.807) is 6.07 Å². The van der Waals surface area contributed by atoms with Gasteiger partial charge in [0.2, 0.25) is 0 Å². The molecule has 0 unspecified atom stereocenters. The predicted octanol–water partition coefficient (Wildman–Crippen LogP) is 3.87. The highest BCUT2D eigenvalue weighted by Crippen LogP contribution is 2.25. The highest BCUT2D eigenvalue weighted by atomic mass is 127. The summed E-state index contributed by atoms with van der Waals surface area (Å²) in [5, 5.41) is 0. The summed E-state index contributed by atoms with van der Waals surface area (Å²) in [7, 11) is 0. The van der Waals surface area contributed by atoms with E-state index in [1.165, 1.54) is 0 Å². The van der Waals surface area contributed by atoms with E-state index in [9.17, 15) is 4.79 Å². The minimum absolute atomic E-state index is 0.455. The number of ether oxygens (including phenoxy) is 1. The van der Waals surface area contributed by atoms with Crippen LogP contribution in [0.2, 0.25) is 0 Å². The molecular formula is C11H13BrINO3. The number of nitrogens with one attached hydrogen (secondary N) is 1. The van der Waals surface area contributed by atoms with Crippen molar-refractivity contribution < 1.29 is 14.4 Å². The molecule has 17 heavy (non-hydrogen) atoms. The zero-order chi connectivity index (χ0) is 13.1. The van der Waals surface area contributed by atoms with Gasteiger partial charge in [0.1, 0.15) is 5.75 Å². The fourth-order valence-electron chi connectivity index (χ4n) is 0.871. The van der Waals surface area contributed by atoms with Crippen molar-refractivity contribution in [2.24, 2.45) is 0 Å². The Morgan fingerprint density at radius 3 is 2.65 bits per heavy atom. The molecule has 1 aromatic rings. The molecule has 1 rings (SSSR count). The molecule has 0 spiro atoms. The van der Waals surface area contributed by atoms with Crippen molar-refractivity contribution in [2.75, 3.05) is 0 Å². The van der Waals surface area contributed by atoms with Gasteiger partial charge in [-0.3, -0.25) is 4.84 Å². The Balaban J connectivity index is 2.59. The summed E-state index contributed by atoms with van der Waals surface area (Å²) < 4.78 is 6.80. The van der Waals surface area contributed by atoms with Crippen LogP contribution in [0.3, 0.4) is 0 Å². The number of hydroxylamine groups is 1. The Hall–Kier alpha value is -0.340. The van der Waals surface area contributed by atoms with Crippen molar-refractivity contribution in [1.29, 1.82) is 0 Å². The lowest BCUT2D eigenvalue weighted by Crippen LogP contribution is -2.35. The molecule has 0 saturated heterocycles. The van der Waals surface area contributed by atoms with Gasteiger partial charge in [-0.25, -0.2) is 4.79 Å². The van der Waals surface area contributed by atoms with E-state index < -0.39 is 11.7 Å². The fraction of sp³-hybridized carbons (Fsp3) is 0.364. The summed E-state index contributed by atoms with van der Waals surface area (Å²) in [6.07, 6.45) is -0.643. The molecular weight excluding hydrogens is 401 g/mol. The average molecular weight is 414 g/mol. The van der Waals surface area contributed by atoms with Gasteiger partial charge in [0.15, 0.2) is 0 Å². The first-order valence-corrected chi connectivity index (χ1v) is 6.76. The molecule has 0 bridgehead atoms. The molecule has 0 fully saturated rings. The molecule has 1 amide bonds. The molecule has 4 nitrogen and oxygen atoms in total. The topological polar surface area (TPSA) is 47.6 Å². The number of benzene rings is 1. The fourth-order valence-corrected chi connectivity index (χ4v) is 1.66. The Kier molecular flexibility index (Phi) is 5.21. The molecule has 94 valence electrons. The Labute approximate surface area is 122 Å². The van der Waals surface area contributed by atoms with Gasteiger partial charge in [0, 0.05) is 4.47 Å². The van der Waals surface area contributed by atoms with Gasteiger partial charge in [0.05, 0.1) is 9.17 Å². The van der Waals surface area contributed by atoms with Gasteiger partial charge in [-0.1, -0.05) is 15.9 Å². The van der Waals surface area contributed by atoms with Crippen molar-refractivity contribution >= 4 is 44.6 Å². The van der Waals surface area contributed by atoms with Gasteiger partial charge >= 0.3 is 6.09 Å². The van der Waals surface area contributed by atoms with Crippen molar-refractivity contribution in [2.45, 2.75) is 26.4 Å². The summed E-state index contributed by atoms with van der Waals surface area (Å²) in [6.45, 7) is 5.49. The van der Waals surface area contributed by atoms with Gasteiger partial charge in [-0.05, 0) is 61.6 Å². The highest BCUT2D eigenvalue weighted by molar-refractivity contribution is 14.1. The van der Waals surface area contributed by atoms with Crippen LogP contribution < -0.4 is 10.2 Å². The standard InChI is InChI=1S/C11H13BrINO3/c1-11(2,3)17-14-10(15)16-9-6-7(12)4-5-8(9)13/h4-6H,1-3H3,(H,14,15). The van der Waals surface area contributed by atoms with E-state index in [2.05, 4.69) is 44.0 Å². The molecule has 1 N–H and O–H groups in total. The number of carbonyl (C=O) groups excluding carboxylic acids is 1. The van der Waals surface area contributed by atoms with Crippen LogP contribution in [-0.4, -0.2) is 11.7 Å². The minimum atomic E-state index is -0.643. The maximum atomic E-state index is 11.4. The molecule has 0 heterocycles. The first-order chi connectivity index (χ1) is 7.78. The van der Waals surface area contributed by atoms with Crippen LogP contribution in [0.4, 0.5) is 4.79 Å². The van der Waals surface area contributed by atoms with Crippen LogP contribution in [0.1, 0.15) is 20.8 Å². The van der Waals surface area contributed by atoms with E-state index in [0.717, 1.165) is 8.04 Å². The summed E-state index contributed by atoms with van der Waals surface area (Å²) in [4.78, 5) is 16.5. The van der Waals surface area contributed by atoms with Crippen molar-refractivity contribution in [1.82, 2.24) is 5.48 Å². The van der Waals surface area contributed by atoms with Crippen molar-refractivity contribution in [3.05, 3.63) is 26.2 Å². The third-order valence-corrected chi connectivity index (χ3v) is 2.92. The molecule has 0 aliphatic rings. The van der Waals surface area contributed by atoms with E-state index >= 15 is 0 Å². The molecule has 1 aromatic carbocycles. The molecule has 0 radical (unpaired) electrons. The number of hydrogen-bond acceptors (Lipinski definition) is 3. The van der Waals surface area contributed by atoms with E-state index in [-0.39, 0.29) is 0 Å². The summed E-state index contributed by atoms with van der Waals surface area (Å²) in [6, 6.07) is 5.44. The zero-order valence-electron chi connectivity index (χ0n) is 9.71. The van der Waals surface area contributed by atoms with Gasteiger partial charge in [0.25, 0.3) is 0 Å². The van der Waals surface area contributed by atoms with Gasteiger partial charge in [-0.15, -0.1) is 0 Å². The Morgan fingerprint density at radius 1 is 1.41 bits per heavy atom. The lowest BCUT2D eigenvalue weighted by molar-refractivity contribution is -0.0599. The monoisotopic (exact) mass is 413 g/mol. The van der Waals surface area contributed by atoms with Crippen LogP contribution in [0, 0.1) is 3.57 Å². The van der Waals surface area contributed by atoms with E-state index in [1.807, 2.05) is 32.9 Å². The molecule has 0 aliphatic carbocycles. The molecule has 6 heteroatoms. The van der Waals surface area contributed by atoms with E-state index in [4.69, 9.17) is 9.57 Å². The normalized spacial score (nSPS) is 11.1. The third kappa shape index (κ3) is 5.69. The zero-order valence-corrected chi connectivity index (χ0v) is 13.5. The van der Waals surface area contributed by atoms with Crippen LogP contribution in [0.25, 0.3) is 0 Å². The Morgan fingerprint density at radius 2 is 2.06 bits per heavy atom. The predicted molar refractivity (Wildman–Crippen MR) is 76.9 cm³/mol. The molecule has 0 aromatic heterocycles. The number of rotatable bonds is 2. The highest BCUT2D eigenvalue weighted by Gasteiger charge is 2.14. The summed E-state index contributed by atoms with van der Waals surface area (Å²) >= 11 is 5.40. The summed E-state index contributed by atoms with van der Waals surface area (Å²) in [5.41, 5.74) is 1.78. The van der Waals surface area contributed by atoms with Crippen LogP contribution in [-0.2, 0) is 4.84 Å². The average Bonchev–Trinajstić information content (AvgIpc) is 2.20. The Bertz CT molecular complexity index is 418. The SMILES string of the molecule is CC(C)(C)ONC(=O)Oc1cc(Br)ccc1I. The smallest absolute Gasteiger partial charge is 0.408 e.